The molecule has 116 valence electrons. The summed E-state index contributed by atoms with van der Waals surface area (Å²) in [6.07, 6.45) is 0. The molecule has 3 aromatic carbocycles. The molecule has 0 aliphatic carbocycles. The molecule has 0 aliphatic heterocycles. The largest absolute Gasteiger partial charge is 0.492 e. The predicted molar refractivity (Wildman–Crippen MR) is 95.9 cm³/mol. The zero-order chi connectivity index (χ0) is 16.1. The fraction of sp³-hybridized carbons (Fsp3) is 0.105. The molecule has 1 N–H and O–H groups in total. The van der Waals surface area contributed by atoms with Gasteiger partial charge in [-0.05, 0) is 47.2 Å². The van der Waals surface area contributed by atoms with Crippen LogP contribution in [0.3, 0.4) is 0 Å². The first-order valence-corrected chi connectivity index (χ1v) is 8.17. The van der Waals surface area contributed by atoms with E-state index < -0.39 is 0 Å². The van der Waals surface area contributed by atoms with Crippen molar-refractivity contribution in [3.63, 3.8) is 0 Å². The second kappa shape index (κ2) is 7.29. The lowest BCUT2D eigenvalue weighted by molar-refractivity contribution is 0.0947. The number of carbonyl (C=O) groups excluding carboxylic acids is 1. The molecule has 0 aliphatic rings. The number of rotatable bonds is 5. The van der Waals surface area contributed by atoms with E-state index in [0.29, 0.717) is 18.7 Å². The Bertz CT molecular complexity index is 815. The van der Waals surface area contributed by atoms with Crippen molar-refractivity contribution in [2.45, 2.75) is 0 Å². The topological polar surface area (TPSA) is 38.3 Å². The van der Waals surface area contributed by atoms with Crippen LogP contribution < -0.4 is 10.1 Å². The Morgan fingerprint density at radius 3 is 2.48 bits per heavy atom. The van der Waals surface area contributed by atoms with E-state index in [4.69, 9.17) is 4.74 Å². The molecule has 4 heteroatoms. The minimum absolute atomic E-state index is 0.0976. The Hall–Kier alpha value is -2.33. The highest BCUT2D eigenvalue weighted by Crippen LogP contribution is 2.20. The van der Waals surface area contributed by atoms with E-state index in [0.717, 1.165) is 15.6 Å². The van der Waals surface area contributed by atoms with Crippen molar-refractivity contribution in [2.75, 3.05) is 13.2 Å². The molecule has 0 radical (unpaired) electrons. The minimum atomic E-state index is -0.0976. The quantitative estimate of drug-likeness (QED) is 0.676. The third-order valence-electron chi connectivity index (χ3n) is 3.48. The summed E-state index contributed by atoms with van der Waals surface area (Å²) in [7, 11) is 0. The van der Waals surface area contributed by atoms with E-state index in [-0.39, 0.29) is 5.91 Å². The molecule has 3 rings (SSSR count). The fourth-order valence-corrected chi connectivity index (χ4v) is 2.56. The van der Waals surface area contributed by atoms with E-state index in [2.05, 4.69) is 33.4 Å². The molecule has 1 amide bonds. The van der Waals surface area contributed by atoms with Gasteiger partial charge in [0.25, 0.3) is 5.91 Å². The Morgan fingerprint density at radius 1 is 0.957 bits per heavy atom. The van der Waals surface area contributed by atoms with E-state index in [9.17, 15) is 4.79 Å². The van der Waals surface area contributed by atoms with Crippen LogP contribution in [0.15, 0.2) is 71.2 Å². The molecule has 0 atom stereocenters. The van der Waals surface area contributed by atoms with E-state index in [1.54, 1.807) is 12.1 Å². The number of carbonyl (C=O) groups is 1. The van der Waals surface area contributed by atoms with Crippen LogP contribution in [0.5, 0.6) is 5.75 Å². The number of benzene rings is 3. The molecule has 0 aromatic heterocycles. The van der Waals surface area contributed by atoms with Gasteiger partial charge in [-0.1, -0.05) is 46.3 Å². The molecule has 3 aromatic rings. The molecule has 0 saturated heterocycles. The van der Waals surface area contributed by atoms with Crippen LogP contribution in [0.1, 0.15) is 10.4 Å². The molecule has 23 heavy (non-hydrogen) atoms. The van der Waals surface area contributed by atoms with Crippen molar-refractivity contribution >= 4 is 32.6 Å². The Balaban J connectivity index is 1.50. The van der Waals surface area contributed by atoms with Crippen molar-refractivity contribution < 1.29 is 9.53 Å². The number of amides is 1. The molecule has 0 bridgehead atoms. The zero-order valence-electron chi connectivity index (χ0n) is 12.5. The van der Waals surface area contributed by atoms with Gasteiger partial charge in [0.15, 0.2) is 0 Å². The number of ether oxygens (including phenoxy) is 1. The predicted octanol–water partition coefficient (Wildman–Crippen LogP) is 4.41. The highest BCUT2D eigenvalue weighted by atomic mass is 79.9. The van der Waals surface area contributed by atoms with Gasteiger partial charge in [0.05, 0.1) is 6.54 Å². The summed E-state index contributed by atoms with van der Waals surface area (Å²) in [4.78, 5) is 12.0. The first-order valence-electron chi connectivity index (χ1n) is 7.38. The lowest BCUT2D eigenvalue weighted by atomic mass is 10.1. The molecule has 0 heterocycles. The van der Waals surface area contributed by atoms with Gasteiger partial charge in [-0.3, -0.25) is 4.79 Å². The summed E-state index contributed by atoms with van der Waals surface area (Å²) in [5, 5.41) is 5.17. The Kier molecular flexibility index (Phi) is 4.93. The standard InChI is InChI=1S/C19H16BrNO2/c20-17-8-5-15(6-9-17)19(22)21-11-12-23-18-10-7-14-3-1-2-4-16(14)13-18/h1-10,13H,11-12H2,(H,21,22). The Morgan fingerprint density at radius 2 is 1.70 bits per heavy atom. The van der Waals surface area contributed by atoms with Crippen LogP contribution in [-0.4, -0.2) is 19.1 Å². The summed E-state index contributed by atoms with van der Waals surface area (Å²) >= 11 is 3.35. The highest BCUT2D eigenvalue weighted by Gasteiger charge is 2.04. The van der Waals surface area contributed by atoms with Crippen LogP contribution in [0.25, 0.3) is 10.8 Å². The average molecular weight is 370 g/mol. The lowest BCUT2D eigenvalue weighted by Gasteiger charge is -2.09. The number of fused-ring (bicyclic) bond motifs is 1. The second-order valence-corrected chi connectivity index (χ2v) is 6.04. The smallest absolute Gasteiger partial charge is 0.251 e. The van der Waals surface area contributed by atoms with Gasteiger partial charge in [0, 0.05) is 10.0 Å². The van der Waals surface area contributed by atoms with Crippen LogP contribution in [0.2, 0.25) is 0 Å². The first-order chi connectivity index (χ1) is 11.2. The zero-order valence-corrected chi connectivity index (χ0v) is 14.0. The van der Waals surface area contributed by atoms with Crippen LogP contribution in [-0.2, 0) is 0 Å². The monoisotopic (exact) mass is 369 g/mol. The SMILES string of the molecule is O=C(NCCOc1ccc2ccccc2c1)c1ccc(Br)cc1. The number of halogens is 1. The van der Waals surface area contributed by atoms with Crippen LogP contribution in [0.4, 0.5) is 0 Å². The van der Waals surface area contributed by atoms with Gasteiger partial charge in [-0.25, -0.2) is 0 Å². The molecule has 0 saturated carbocycles. The first kappa shape index (κ1) is 15.6. The molecular formula is C19H16BrNO2. The van der Waals surface area contributed by atoms with E-state index >= 15 is 0 Å². The maximum atomic E-state index is 12.0. The van der Waals surface area contributed by atoms with Crippen LogP contribution in [0, 0.1) is 0 Å². The fourth-order valence-electron chi connectivity index (χ4n) is 2.29. The lowest BCUT2D eigenvalue weighted by Crippen LogP contribution is -2.28. The summed E-state index contributed by atoms with van der Waals surface area (Å²) in [6.45, 7) is 0.891. The van der Waals surface area contributed by atoms with Gasteiger partial charge in [-0.2, -0.15) is 0 Å². The van der Waals surface area contributed by atoms with Gasteiger partial charge >= 0.3 is 0 Å². The van der Waals surface area contributed by atoms with Crippen molar-refractivity contribution in [3.8, 4) is 5.75 Å². The van der Waals surface area contributed by atoms with Gasteiger partial charge in [-0.15, -0.1) is 0 Å². The van der Waals surface area contributed by atoms with Crippen molar-refractivity contribution in [3.05, 3.63) is 76.8 Å². The third kappa shape index (κ3) is 4.11. The molecule has 0 fully saturated rings. The normalized spacial score (nSPS) is 10.5. The molecular weight excluding hydrogens is 354 g/mol. The maximum absolute atomic E-state index is 12.0. The highest BCUT2D eigenvalue weighted by molar-refractivity contribution is 9.10. The van der Waals surface area contributed by atoms with E-state index in [1.807, 2.05) is 42.5 Å². The van der Waals surface area contributed by atoms with Crippen molar-refractivity contribution in [1.29, 1.82) is 0 Å². The number of hydrogen-bond donors (Lipinski definition) is 1. The minimum Gasteiger partial charge on any atom is -0.492 e. The summed E-state index contributed by atoms with van der Waals surface area (Å²) < 4.78 is 6.65. The van der Waals surface area contributed by atoms with Gasteiger partial charge < -0.3 is 10.1 Å². The maximum Gasteiger partial charge on any atom is 0.251 e. The number of hydrogen-bond acceptors (Lipinski definition) is 2. The average Bonchev–Trinajstić information content (AvgIpc) is 2.59. The Labute approximate surface area is 143 Å². The molecule has 3 nitrogen and oxygen atoms in total. The third-order valence-corrected chi connectivity index (χ3v) is 4.01. The van der Waals surface area contributed by atoms with Gasteiger partial charge in [0.2, 0.25) is 0 Å². The van der Waals surface area contributed by atoms with E-state index in [1.165, 1.54) is 5.39 Å². The summed E-state index contributed by atoms with van der Waals surface area (Å²) in [5.41, 5.74) is 0.638. The van der Waals surface area contributed by atoms with Crippen molar-refractivity contribution in [1.82, 2.24) is 5.32 Å². The van der Waals surface area contributed by atoms with Crippen LogP contribution >= 0.6 is 15.9 Å². The van der Waals surface area contributed by atoms with Crippen molar-refractivity contribution in [2.24, 2.45) is 0 Å². The molecule has 0 unspecified atom stereocenters. The summed E-state index contributed by atoms with van der Waals surface area (Å²) in [5.74, 6) is 0.709. The molecule has 0 spiro atoms. The second-order valence-electron chi connectivity index (χ2n) is 5.12. The number of nitrogens with one attached hydrogen (secondary N) is 1. The summed E-state index contributed by atoms with van der Waals surface area (Å²) in [6, 6.07) is 21.4. The van der Waals surface area contributed by atoms with Gasteiger partial charge in [0.1, 0.15) is 12.4 Å².